The highest BCUT2D eigenvalue weighted by Gasteiger charge is 2.15. The van der Waals surface area contributed by atoms with E-state index in [9.17, 15) is 0 Å². The van der Waals surface area contributed by atoms with Crippen molar-refractivity contribution in [3.63, 3.8) is 0 Å². The van der Waals surface area contributed by atoms with Gasteiger partial charge in [-0.05, 0) is 34.1 Å². The van der Waals surface area contributed by atoms with Gasteiger partial charge < -0.3 is 11.1 Å². The average molecular weight is 282 g/mol. The number of nitrogens with two attached hydrogens (primary N) is 1. The molecule has 0 bridgehead atoms. The van der Waals surface area contributed by atoms with E-state index in [0.717, 1.165) is 4.60 Å². The van der Waals surface area contributed by atoms with Crippen molar-refractivity contribution in [1.82, 2.24) is 4.98 Å². The van der Waals surface area contributed by atoms with Gasteiger partial charge in [-0.2, -0.15) is 0 Å². The number of aromatic nitrogens is 1. The van der Waals surface area contributed by atoms with Gasteiger partial charge in [0.2, 0.25) is 0 Å². The molecule has 0 aliphatic carbocycles. The van der Waals surface area contributed by atoms with Crippen molar-refractivity contribution in [2.75, 3.05) is 0 Å². The zero-order valence-electron chi connectivity index (χ0n) is 9.71. The predicted molar refractivity (Wildman–Crippen MR) is 71.3 cm³/mol. The van der Waals surface area contributed by atoms with Crippen LogP contribution < -0.4 is 5.73 Å². The molecule has 0 radical (unpaired) electrons. The fourth-order valence-corrected chi connectivity index (χ4v) is 1.36. The Hall–Kier alpha value is -1.16. The molecule has 0 unspecified atom stereocenters. The molecular formula is C12H16BrN3. The molecule has 0 aliphatic rings. The summed E-state index contributed by atoms with van der Waals surface area (Å²) in [5.41, 5.74) is 7.39. The molecule has 3 N–H and O–H groups in total. The summed E-state index contributed by atoms with van der Waals surface area (Å²) in [5.74, 6) is 0. The summed E-state index contributed by atoms with van der Waals surface area (Å²) < 4.78 is 0.739. The second kappa shape index (κ2) is 4.78. The summed E-state index contributed by atoms with van der Waals surface area (Å²) in [4.78, 5) is 4.23. The van der Waals surface area contributed by atoms with Gasteiger partial charge in [0.1, 0.15) is 4.60 Å². The Balaban J connectivity index is 2.99. The maximum absolute atomic E-state index is 7.88. The quantitative estimate of drug-likeness (QED) is 0.646. The number of halogens is 1. The molecule has 4 heteroatoms. The van der Waals surface area contributed by atoms with Crippen molar-refractivity contribution >= 4 is 27.3 Å². The normalized spacial score (nSPS) is 12.6. The van der Waals surface area contributed by atoms with Crippen LogP contribution in [0.3, 0.4) is 0 Å². The van der Waals surface area contributed by atoms with Crippen LogP contribution in [-0.4, -0.2) is 10.7 Å². The molecule has 0 amide bonds. The second-order valence-corrected chi connectivity index (χ2v) is 5.42. The first-order chi connectivity index (χ1) is 7.30. The van der Waals surface area contributed by atoms with E-state index in [4.69, 9.17) is 11.1 Å². The topological polar surface area (TPSA) is 62.8 Å². The number of nitrogens with zero attached hydrogens (tertiary/aromatic N) is 1. The molecule has 3 nitrogen and oxygen atoms in total. The van der Waals surface area contributed by atoms with E-state index in [1.54, 1.807) is 6.08 Å². The first-order valence-corrected chi connectivity index (χ1v) is 5.79. The van der Waals surface area contributed by atoms with Gasteiger partial charge in [0.05, 0.1) is 11.4 Å². The van der Waals surface area contributed by atoms with Crippen molar-refractivity contribution in [3.05, 3.63) is 34.6 Å². The lowest BCUT2D eigenvalue weighted by Crippen LogP contribution is -2.18. The van der Waals surface area contributed by atoms with E-state index < -0.39 is 0 Å². The minimum absolute atomic E-state index is 0.198. The van der Waals surface area contributed by atoms with E-state index in [1.807, 2.05) is 39.0 Å². The minimum Gasteiger partial charge on any atom is -0.397 e. The number of pyridine rings is 1. The van der Waals surface area contributed by atoms with Gasteiger partial charge in [-0.1, -0.05) is 26.8 Å². The maximum Gasteiger partial charge on any atom is 0.106 e. The highest BCUT2D eigenvalue weighted by atomic mass is 79.9. The third kappa shape index (κ3) is 3.45. The van der Waals surface area contributed by atoms with Crippen LogP contribution >= 0.6 is 15.9 Å². The Kier molecular flexibility index (Phi) is 3.86. The minimum atomic E-state index is -0.198. The number of rotatable bonds is 2. The zero-order valence-corrected chi connectivity index (χ0v) is 11.3. The Labute approximate surface area is 104 Å². The molecular weight excluding hydrogens is 266 g/mol. The van der Waals surface area contributed by atoms with Crippen molar-refractivity contribution in [2.24, 2.45) is 11.1 Å². The standard InChI is InChI=1S/C12H16BrN3/c1-12(2,3)10(15)7-8(14)9-5-4-6-11(13)16-9/h4-7,15H,14H2,1-3H3/b8-7-,15-10?. The summed E-state index contributed by atoms with van der Waals surface area (Å²) in [6.07, 6.45) is 1.66. The van der Waals surface area contributed by atoms with Crippen molar-refractivity contribution < 1.29 is 0 Å². The average Bonchev–Trinajstić information content (AvgIpc) is 2.16. The highest BCUT2D eigenvalue weighted by molar-refractivity contribution is 9.10. The van der Waals surface area contributed by atoms with Gasteiger partial charge in [0.15, 0.2) is 0 Å². The maximum atomic E-state index is 7.88. The molecule has 0 fully saturated rings. The Morgan fingerprint density at radius 3 is 2.56 bits per heavy atom. The third-order valence-corrected chi connectivity index (χ3v) is 2.56. The van der Waals surface area contributed by atoms with Gasteiger partial charge in [0.25, 0.3) is 0 Å². The molecule has 0 saturated carbocycles. The molecule has 16 heavy (non-hydrogen) atoms. The summed E-state index contributed by atoms with van der Waals surface area (Å²) in [6, 6.07) is 5.53. The first-order valence-electron chi connectivity index (χ1n) is 5.00. The van der Waals surface area contributed by atoms with E-state index in [1.165, 1.54) is 0 Å². The lowest BCUT2D eigenvalue weighted by atomic mass is 9.89. The summed E-state index contributed by atoms with van der Waals surface area (Å²) in [7, 11) is 0. The van der Waals surface area contributed by atoms with Gasteiger partial charge in [-0.25, -0.2) is 4.98 Å². The molecule has 0 atom stereocenters. The molecule has 1 aromatic rings. The number of nitrogens with one attached hydrogen (secondary N) is 1. The van der Waals surface area contributed by atoms with Crippen LogP contribution in [0.5, 0.6) is 0 Å². The van der Waals surface area contributed by atoms with Crippen LogP contribution in [0, 0.1) is 10.8 Å². The molecule has 1 rings (SSSR count). The summed E-state index contributed by atoms with van der Waals surface area (Å²) in [5, 5.41) is 7.88. The summed E-state index contributed by atoms with van der Waals surface area (Å²) in [6.45, 7) is 5.94. The van der Waals surface area contributed by atoms with E-state index >= 15 is 0 Å². The van der Waals surface area contributed by atoms with Crippen LogP contribution in [0.4, 0.5) is 0 Å². The first kappa shape index (κ1) is 12.9. The molecule has 1 aromatic heterocycles. The van der Waals surface area contributed by atoms with Crippen molar-refractivity contribution in [1.29, 1.82) is 5.41 Å². The second-order valence-electron chi connectivity index (χ2n) is 4.61. The number of hydrogen-bond donors (Lipinski definition) is 2. The van der Waals surface area contributed by atoms with Gasteiger partial charge in [-0.15, -0.1) is 0 Å². The van der Waals surface area contributed by atoms with Gasteiger partial charge in [-0.3, -0.25) is 0 Å². The van der Waals surface area contributed by atoms with Gasteiger partial charge >= 0.3 is 0 Å². The van der Waals surface area contributed by atoms with Crippen LogP contribution in [0.25, 0.3) is 5.70 Å². The van der Waals surface area contributed by atoms with Crippen LogP contribution in [-0.2, 0) is 0 Å². The smallest absolute Gasteiger partial charge is 0.106 e. The lowest BCUT2D eigenvalue weighted by molar-refractivity contribution is 0.591. The Morgan fingerprint density at radius 2 is 2.06 bits per heavy atom. The third-order valence-electron chi connectivity index (χ3n) is 2.12. The number of allylic oxidation sites excluding steroid dienone is 1. The van der Waals surface area contributed by atoms with Crippen LogP contribution in [0.2, 0.25) is 0 Å². The fourth-order valence-electron chi connectivity index (χ4n) is 1.01. The highest BCUT2D eigenvalue weighted by Crippen LogP contribution is 2.18. The SMILES string of the molecule is CC(C)(C)C(=N)/C=C(\N)c1cccc(Br)n1. The molecule has 86 valence electrons. The molecule has 1 heterocycles. The molecule has 0 saturated heterocycles. The van der Waals surface area contributed by atoms with E-state index in [0.29, 0.717) is 17.1 Å². The molecule has 0 spiro atoms. The van der Waals surface area contributed by atoms with E-state index in [2.05, 4.69) is 20.9 Å². The molecule has 0 aromatic carbocycles. The van der Waals surface area contributed by atoms with Crippen molar-refractivity contribution in [3.8, 4) is 0 Å². The van der Waals surface area contributed by atoms with Crippen LogP contribution in [0.15, 0.2) is 28.9 Å². The number of hydrogen-bond acceptors (Lipinski definition) is 3. The fraction of sp³-hybridized carbons (Fsp3) is 0.333. The largest absolute Gasteiger partial charge is 0.397 e. The molecule has 0 aliphatic heterocycles. The van der Waals surface area contributed by atoms with Crippen molar-refractivity contribution in [2.45, 2.75) is 20.8 Å². The lowest BCUT2D eigenvalue weighted by Gasteiger charge is -2.17. The van der Waals surface area contributed by atoms with Gasteiger partial charge in [0, 0.05) is 11.1 Å². The predicted octanol–water partition coefficient (Wildman–Crippen LogP) is 3.21. The Bertz CT molecular complexity index is 430. The summed E-state index contributed by atoms with van der Waals surface area (Å²) >= 11 is 3.29. The Morgan fingerprint density at radius 1 is 1.44 bits per heavy atom. The van der Waals surface area contributed by atoms with Crippen LogP contribution in [0.1, 0.15) is 26.5 Å². The van der Waals surface area contributed by atoms with E-state index in [-0.39, 0.29) is 5.41 Å². The monoisotopic (exact) mass is 281 g/mol. The zero-order chi connectivity index (χ0) is 12.3.